The molecule has 1 saturated carbocycles. The number of benzene rings is 3. The highest BCUT2D eigenvalue weighted by Crippen LogP contribution is 2.44. The first-order valence-corrected chi connectivity index (χ1v) is 15.1. The van der Waals surface area contributed by atoms with Crippen molar-refractivity contribution < 1.29 is 19.1 Å². The Labute approximate surface area is 253 Å². The summed E-state index contributed by atoms with van der Waals surface area (Å²) in [5.74, 6) is 1.65. The summed E-state index contributed by atoms with van der Waals surface area (Å²) < 4.78 is 11.7. The Morgan fingerprint density at radius 2 is 1.69 bits per heavy atom. The van der Waals surface area contributed by atoms with Gasteiger partial charge < -0.3 is 25.0 Å². The number of halogens is 1. The molecule has 0 radical (unpaired) electrons. The van der Waals surface area contributed by atoms with Crippen LogP contribution in [0.2, 0.25) is 5.02 Å². The van der Waals surface area contributed by atoms with Gasteiger partial charge >= 0.3 is 0 Å². The molecule has 0 spiro atoms. The van der Waals surface area contributed by atoms with E-state index in [4.69, 9.17) is 26.8 Å². The van der Waals surface area contributed by atoms with Gasteiger partial charge in [-0.15, -0.1) is 0 Å². The first-order valence-electron chi connectivity index (χ1n) is 14.7. The Kier molecular flexibility index (Phi) is 8.97. The molecule has 3 aromatic rings. The number of nitrogens with zero attached hydrogens (tertiary/aromatic N) is 2. The van der Waals surface area contributed by atoms with Gasteiger partial charge in [-0.1, -0.05) is 23.7 Å². The van der Waals surface area contributed by atoms with E-state index in [1.165, 1.54) is 0 Å². The molecular weight excluding hydrogens is 550 g/mol. The Bertz CT molecular complexity index is 1420. The molecule has 2 N–H and O–H groups in total. The quantitative estimate of drug-likeness (QED) is 0.306. The highest BCUT2D eigenvalue weighted by molar-refractivity contribution is 6.30. The smallest absolute Gasteiger partial charge is 0.232 e. The van der Waals surface area contributed by atoms with Crippen LogP contribution in [0.4, 0.5) is 11.4 Å². The molecule has 42 heavy (non-hydrogen) atoms. The first kappa shape index (κ1) is 29.8. The third-order valence-corrected chi connectivity index (χ3v) is 8.74. The zero-order chi connectivity index (χ0) is 30.0. The number of amides is 2. The van der Waals surface area contributed by atoms with Gasteiger partial charge in [-0.2, -0.15) is 0 Å². The van der Waals surface area contributed by atoms with E-state index < -0.39 is 0 Å². The number of rotatable bonds is 9. The molecule has 1 aliphatic carbocycles. The molecule has 222 valence electrons. The molecular formula is C34H40ClN3O4. The highest BCUT2D eigenvalue weighted by Gasteiger charge is 2.36. The summed E-state index contributed by atoms with van der Waals surface area (Å²) in [6.07, 6.45) is 3.98. The van der Waals surface area contributed by atoms with Crippen LogP contribution in [0.25, 0.3) is 0 Å². The number of ether oxygens (including phenoxy) is 2. The lowest BCUT2D eigenvalue weighted by Gasteiger charge is -2.38. The van der Waals surface area contributed by atoms with Crippen molar-refractivity contribution in [1.82, 2.24) is 0 Å². The number of carbonyl (C=O) groups is 2. The minimum atomic E-state index is -0.358. The van der Waals surface area contributed by atoms with E-state index in [-0.39, 0.29) is 36.3 Å². The predicted octanol–water partition coefficient (Wildman–Crippen LogP) is 6.54. The maximum atomic E-state index is 13.8. The number of primary amides is 1. The number of anilines is 2. The number of hydrogen-bond donors (Lipinski definition) is 1. The van der Waals surface area contributed by atoms with Gasteiger partial charge in [0.25, 0.3) is 0 Å². The SMILES string of the molecule is COc1cc2c(cc1OC(C)C)[C@H](c1ccc(Cl)cc1)N(c1ccc(N(C)CC3CCC(C(N)=O)CC3)cc1)C(=O)C2. The molecule has 2 aliphatic rings. The fourth-order valence-electron chi connectivity index (χ4n) is 6.32. The van der Waals surface area contributed by atoms with E-state index in [1.807, 2.05) is 67.3 Å². The third kappa shape index (κ3) is 6.36. The second-order valence-electron chi connectivity index (χ2n) is 11.8. The third-order valence-electron chi connectivity index (χ3n) is 8.49. The van der Waals surface area contributed by atoms with Gasteiger partial charge in [-0.25, -0.2) is 0 Å². The lowest BCUT2D eigenvalue weighted by Crippen LogP contribution is -2.41. The maximum absolute atomic E-state index is 13.8. The van der Waals surface area contributed by atoms with E-state index >= 15 is 0 Å². The molecule has 0 aromatic heterocycles. The molecule has 7 nitrogen and oxygen atoms in total. The molecule has 1 fully saturated rings. The van der Waals surface area contributed by atoms with E-state index in [0.29, 0.717) is 22.4 Å². The zero-order valence-electron chi connectivity index (χ0n) is 24.8. The van der Waals surface area contributed by atoms with E-state index in [9.17, 15) is 9.59 Å². The number of fused-ring (bicyclic) bond motifs is 1. The topological polar surface area (TPSA) is 85.1 Å². The number of methoxy groups -OCH3 is 1. The summed E-state index contributed by atoms with van der Waals surface area (Å²) in [7, 11) is 3.71. The van der Waals surface area contributed by atoms with Crippen LogP contribution in [0.15, 0.2) is 60.7 Å². The van der Waals surface area contributed by atoms with Crippen molar-refractivity contribution in [2.24, 2.45) is 17.6 Å². The van der Waals surface area contributed by atoms with E-state index in [2.05, 4.69) is 24.1 Å². The van der Waals surface area contributed by atoms with Gasteiger partial charge in [0.2, 0.25) is 11.8 Å². The first-order chi connectivity index (χ1) is 20.1. The fourth-order valence-corrected chi connectivity index (χ4v) is 6.44. The van der Waals surface area contributed by atoms with Gasteiger partial charge in [0, 0.05) is 35.9 Å². The van der Waals surface area contributed by atoms with Gasteiger partial charge in [-0.3, -0.25) is 9.59 Å². The molecule has 0 unspecified atom stereocenters. The molecule has 1 atom stereocenters. The summed E-state index contributed by atoms with van der Waals surface area (Å²) in [6, 6.07) is 19.5. The van der Waals surface area contributed by atoms with Crippen LogP contribution in [0, 0.1) is 11.8 Å². The van der Waals surface area contributed by atoms with Crippen molar-refractivity contribution >= 4 is 34.8 Å². The van der Waals surface area contributed by atoms with Crippen LogP contribution in [0.3, 0.4) is 0 Å². The lowest BCUT2D eigenvalue weighted by atomic mass is 9.81. The number of nitrogens with two attached hydrogens (primary N) is 1. The molecule has 2 amide bonds. The minimum absolute atomic E-state index is 0.00865. The number of hydrogen-bond acceptors (Lipinski definition) is 5. The van der Waals surface area contributed by atoms with Gasteiger partial charge in [-0.05, 0) is 111 Å². The van der Waals surface area contributed by atoms with Crippen molar-refractivity contribution in [3.63, 3.8) is 0 Å². The average Bonchev–Trinajstić information content (AvgIpc) is 2.97. The molecule has 1 aliphatic heterocycles. The summed E-state index contributed by atoms with van der Waals surface area (Å²) >= 11 is 6.25. The van der Waals surface area contributed by atoms with Crippen LogP contribution < -0.4 is 25.0 Å². The van der Waals surface area contributed by atoms with E-state index in [1.54, 1.807) is 7.11 Å². The van der Waals surface area contributed by atoms with Crippen molar-refractivity contribution in [2.75, 3.05) is 30.5 Å². The van der Waals surface area contributed by atoms with Gasteiger partial charge in [0.15, 0.2) is 11.5 Å². The average molecular weight is 590 g/mol. The van der Waals surface area contributed by atoms with Crippen molar-refractivity contribution in [1.29, 1.82) is 0 Å². The molecule has 3 aromatic carbocycles. The van der Waals surface area contributed by atoms with Crippen LogP contribution in [-0.4, -0.2) is 38.6 Å². The normalized spacial score (nSPS) is 20.3. The fraction of sp³-hybridized carbons (Fsp3) is 0.412. The Morgan fingerprint density at radius 1 is 1.02 bits per heavy atom. The Morgan fingerprint density at radius 3 is 2.29 bits per heavy atom. The molecule has 5 rings (SSSR count). The summed E-state index contributed by atoms with van der Waals surface area (Å²) in [5.41, 5.74) is 10.3. The summed E-state index contributed by atoms with van der Waals surface area (Å²) in [6.45, 7) is 4.88. The standard InChI is InChI=1S/C34H40ClN3O4/c1-21(2)42-31-19-29-25(17-30(31)41-4)18-32(39)38(33(29)23-9-11-26(35)12-10-23)28-15-13-27(14-16-28)37(3)20-22-5-7-24(8-6-22)34(36)40/h9-17,19,21-22,24,33H,5-8,18,20H2,1-4H3,(H2,36,40)/t22?,24?,33-/m0/s1. The van der Waals surface area contributed by atoms with E-state index in [0.717, 1.165) is 60.3 Å². The van der Waals surface area contributed by atoms with Gasteiger partial charge in [0.1, 0.15) is 0 Å². The highest BCUT2D eigenvalue weighted by atomic mass is 35.5. The molecule has 1 heterocycles. The van der Waals surface area contributed by atoms with Crippen molar-refractivity contribution in [3.8, 4) is 11.5 Å². The molecule has 0 saturated heterocycles. The van der Waals surface area contributed by atoms with Crippen molar-refractivity contribution in [2.45, 2.75) is 58.1 Å². The van der Waals surface area contributed by atoms with Crippen LogP contribution in [0.5, 0.6) is 11.5 Å². The zero-order valence-corrected chi connectivity index (χ0v) is 25.6. The van der Waals surface area contributed by atoms with Crippen LogP contribution in [-0.2, 0) is 16.0 Å². The van der Waals surface area contributed by atoms with Crippen LogP contribution in [0.1, 0.15) is 62.3 Å². The second-order valence-corrected chi connectivity index (χ2v) is 12.2. The monoisotopic (exact) mass is 589 g/mol. The molecule has 8 heteroatoms. The molecule has 0 bridgehead atoms. The Hall–Kier alpha value is -3.71. The number of carbonyl (C=O) groups excluding carboxylic acids is 2. The van der Waals surface area contributed by atoms with Gasteiger partial charge in [0.05, 0.1) is 25.7 Å². The summed E-state index contributed by atoms with van der Waals surface area (Å²) in [5, 5.41) is 0.640. The summed E-state index contributed by atoms with van der Waals surface area (Å²) in [4.78, 5) is 29.5. The predicted molar refractivity (Wildman–Crippen MR) is 168 cm³/mol. The second kappa shape index (κ2) is 12.7. The Balaban J connectivity index is 1.44. The van der Waals surface area contributed by atoms with Crippen LogP contribution >= 0.6 is 11.6 Å². The lowest BCUT2D eigenvalue weighted by molar-refractivity contribution is -0.123. The largest absolute Gasteiger partial charge is 0.493 e. The minimum Gasteiger partial charge on any atom is -0.493 e. The van der Waals surface area contributed by atoms with Crippen molar-refractivity contribution in [3.05, 3.63) is 82.4 Å². The maximum Gasteiger partial charge on any atom is 0.232 e.